The van der Waals surface area contributed by atoms with E-state index < -0.39 is 29.8 Å². The Morgan fingerprint density at radius 1 is 1.36 bits per heavy atom. The average Bonchev–Trinajstić information content (AvgIpc) is 3.18. The largest absolute Gasteiger partial charge is 0.448 e. The molecule has 8 heteroatoms. The van der Waals surface area contributed by atoms with Crippen LogP contribution in [-0.2, 0) is 19.1 Å². The number of nitrogens with zero attached hydrogens (tertiary/aromatic N) is 1. The fourth-order valence-electron chi connectivity index (χ4n) is 2.93. The zero-order valence-electron chi connectivity index (χ0n) is 14.5. The summed E-state index contributed by atoms with van der Waals surface area (Å²) in [5.74, 6) is -0.863. The highest BCUT2D eigenvalue weighted by Gasteiger charge is 2.46. The summed E-state index contributed by atoms with van der Waals surface area (Å²) in [4.78, 5) is 39.0. The number of carbonyl (C=O) groups excluding carboxylic acids is 3. The Hall–Kier alpha value is -2.09. The highest BCUT2D eigenvalue weighted by atomic mass is 32.1. The number of hydrogen-bond acceptors (Lipinski definition) is 6. The van der Waals surface area contributed by atoms with Crippen molar-refractivity contribution in [2.75, 3.05) is 6.54 Å². The average molecular weight is 366 g/mol. The zero-order valence-corrected chi connectivity index (χ0v) is 15.3. The smallest absolute Gasteiger partial charge is 0.411 e. The van der Waals surface area contributed by atoms with Gasteiger partial charge in [0.1, 0.15) is 17.7 Å². The van der Waals surface area contributed by atoms with Crippen LogP contribution in [0.1, 0.15) is 44.5 Å². The number of rotatable bonds is 3. The minimum atomic E-state index is -0.841. The molecule has 1 aromatic heterocycles. The van der Waals surface area contributed by atoms with Crippen molar-refractivity contribution in [2.45, 2.75) is 57.4 Å². The van der Waals surface area contributed by atoms with Gasteiger partial charge < -0.3 is 14.8 Å². The Kier molecular flexibility index (Phi) is 4.73. The van der Waals surface area contributed by atoms with E-state index in [9.17, 15) is 14.4 Å². The predicted molar refractivity (Wildman–Crippen MR) is 91.0 cm³/mol. The predicted octanol–water partition coefficient (Wildman–Crippen LogP) is 2.23. The van der Waals surface area contributed by atoms with Crippen LogP contribution >= 0.6 is 11.3 Å². The van der Waals surface area contributed by atoms with Gasteiger partial charge in [0.15, 0.2) is 0 Å². The van der Waals surface area contributed by atoms with Gasteiger partial charge in [-0.05, 0) is 45.1 Å². The molecule has 1 aromatic rings. The van der Waals surface area contributed by atoms with Crippen LogP contribution < -0.4 is 5.32 Å². The van der Waals surface area contributed by atoms with E-state index in [0.29, 0.717) is 19.4 Å². The zero-order chi connectivity index (χ0) is 18.2. The minimum Gasteiger partial charge on any atom is -0.448 e. The van der Waals surface area contributed by atoms with E-state index in [0.717, 1.165) is 4.88 Å². The fraction of sp³-hybridized carbons (Fsp3) is 0.588. The molecule has 0 aromatic carbocycles. The molecule has 2 fully saturated rings. The third-order valence-corrected chi connectivity index (χ3v) is 5.06. The second kappa shape index (κ2) is 6.67. The van der Waals surface area contributed by atoms with Crippen molar-refractivity contribution >= 4 is 29.3 Å². The number of nitrogens with one attached hydrogen (secondary N) is 1. The normalized spacial score (nSPS) is 26.0. The third-order valence-electron chi connectivity index (χ3n) is 4.10. The summed E-state index contributed by atoms with van der Waals surface area (Å²) in [6.07, 6.45) is -0.160. The second-order valence-electron chi connectivity index (χ2n) is 7.19. The van der Waals surface area contributed by atoms with Crippen LogP contribution in [0.2, 0.25) is 0 Å². The van der Waals surface area contributed by atoms with Gasteiger partial charge in [0, 0.05) is 11.4 Å². The number of carbonyl (C=O) groups is 3. The molecule has 25 heavy (non-hydrogen) atoms. The summed E-state index contributed by atoms with van der Waals surface area (Å²) in [7, 11) is 0. The molecule has 1 unspecified atom stereocenters. The number of esters is 1. The molecule has 136 valence electrons. The first-order chi connectivity index (χ1) is 11.8. The number of amides is 2. The van der Waals surface area contributed by atoms with Crippen LogP contribution in [0, 0.1) is 0 Å². The molecule has 2 saturated heterocycles. The van der Waals surface area contributed by atoms with Crippen LogP contribution in [0.25, 0.3) is 0 Å². The van der Waals surface area contributed by atoms with Crippen molar-refractivity contribution in [3.8, 4) is 0 Å². The van der Waals surface area contributed by atoms with Crippen LogP contribution in [0.4, 0.5) is 4.79 Å². The summed E-state index contributed by atoms with van der Waals surface area (Å²) >= 11 is 1.49. The quantitative estimate of drug-likeness (QED) is 0.655. The molecule has 3 heterocycles. The molecule has 2 amide bonds. The van der Waals surface area contributed by atoms with E-state index >= 15 is 0 Å². The second-order valence-corrected chi connectivity index (χ2v) is 8.17. The van der Waals surface area contributed by atoms with E-state index in [-0.39, 0.29) is 11.9 Å². The molecular weight excluding hydrogens is 344 g/mol. The van der Waals surface area contributed by atoms with E-state index in [4.69, 9.17) is 9.47 Å². The topological polar surface area (TPSA) is 84.9 Å². The molecule has 2 aliphatic rings. The summed E-state index contributed by atoms with van der Waals surface area (Å²) in [5, 5.41) is 4.65. The number of β-lactam (4-membered cyclic amide) rings is 1. The van der Waals surface area contributed by atoms with E-state index in [1.807, 2.05) is 17.5 Å². The molecule has 0 spiro atoms. The molecule has 3 rings (SSSR count). The maximum atomic E-state index is 12.5. The van der Waals surface area contributed by atoms with Crippen molar-refractivity contribution in [2.24, 2.45) is 0 Å². The van der Waals surface area contributed by atoms with Gasteiger partial charge >= 0.3 is 12.1 Å². The lowest BCUT2D eigenvalue weighted by Crippen LogP contribution is -2.58. The number of ether oxygens (including phenoxy) is 2. The van der Waals surface area contributed by atoms with Crippen molar-refractivity contribution < 1.29 is 23.9 Å². The summed E-state index contributed by atoms with van der Waals surface area (Å²) < 4.78 is 10.8. The number of thiophene rings is 1. The maximum Gasteiger partial charge on any atom is 0.411 e. The number of likely N-dealkylation sites (tertiary alicyclic amines) is 1. The maximum absolute atomic E-state index is 12.5. The van der Waals surface area contributed by atoms with Crippen LogP contribution in [0.5, 0.6) is 0 Å². The lowest BCUT2D eigenvalue weighted by molar-refractivity contribution is -0.169. The van der Waals surface area contributed by atoms with Crippen molar-refractivity contribution in [1.29, 1.82) is 0 Å². The van der Waals surface area contributed by atoms with E-state index in [2.05, 4.69) is 5.32 Å². The van der Waals surface area contributed by atoms with E-state index in [1.165, 1.54) is 16.2 Å². The number of hydrogen-bond donors (Lipinski definition) is 1. The monoisotopic (exact) mass is 366 g/mol. The van der Waals surface area contributed by atoms with Crippen LogP contribution in [0.3, 0.4) is 0 Å². The van der Waals surface area contributed by atoms with Crippen molar-refractivity contribution in [3.63, 3.8) is 0 Å². The molecular formula is C17H22N2O5S. The van der Waals surface area contributed by atoms with Gasteiger partial charge in [-0.15, -0.1) is 11.3 Å². The molecule has 0 radical (unpaired) electrons. The minimum absolute atomic E-state index is 0.312. The third kappa shape index (κ3) is 3.78. The summed E-state index contributed by atoms with van der Waals surface area (Å²) in [6.45, 7) is 5.77. The first kappa shape index (κ1) is 17.7. The summed E-state index contributed by atoms with van der Waals surface area (Å²) in [6, 6.07) is 2.75. The van der Waals surface area contributed by atoms with Gasteiger partial charge in [-0.25, -0.2) is 9.59 Å². The van der Waals surface area contributed by atoms with Crippen molar-refractivity contribution in [3.05, 3.63) is 22.4 Å². The van der Waals surface area contributed by atoms with Gasteiger partial charge in [-0.3, -0.25) is 9.69 Å². The molecule has 7 nitrogen and oxygen atoms in total. The Balaban J connectivity index is 1.64. The highest BCUT2D eigenvalue weighted by Crippen LogP contribution is 2.31. The lowest BCUT2D eigenvalue weighted by atomic mass is 10.0. The van der Waals surface area contributed by atoms with Crippen molar-refractivity contribution in [1.82, 2.24) is 10.2 Å². The van der Waals surface area contributed by atoms with Crippen LogP contribution in [-0.4, -0.2) is 47.2 Å². The fourth-order valence-corrected chi connectivity index (χ4v) is 3.73. The standard InChI is InChI=1S/C17H22N2O5S/c1-17(2,3)24-16(22)19-8-4-6-10(19)15(21)23-13-12(18-14(13)20)11-7-5-9-25-11/h5,7,9-10,12-13H,4,6,8H2,1-3H3,(H,18,20)/t10?,12-,13+/m1/s1. The van der Waals surface area contributed by atoms with E-state index in [1.54, 1.807) is 20.8 Å². The molecule has 3 atom stereocenters. The summed E-state index contributed by atoms with van der Waals surface area (Å²) in [5.41, 5.74) is -0.633. The molecule has 0 bridgehead atoms. The molecule has 0 saturated carbocycles. The molecule has 1 N–H and O–H groups in total. The first-order valence-corrected chi connectivity index (χ1v) is 9.18. The van der Waals surface area contributed by atoms with Gasteiger partial charge in [0.25, 0.3) is 5.91 Å². The Morgan fingerprint density at radius 3 is 2.72 bits per heavy atom. The Morgan fingerprint density at radius 2 is 2.12 bits per heavy atom. The Labute approximate surface area is 150 Å². The highest BCUT2D eigenvalue weighted by molar-refractivity contribution is 7.10. The van der Waals surface area contributed by atoms with Gasteiger partial charge in [0.2, 0.25) is 6.10 Å². The molecule has 2 aliphatic heterocycles. The Bertz CT molecular complexity index is 667. The molecule has 0 aliphatic carbocycles. The van der Waals surface area contributed by atoms with Gasteiger partial charge in [-0.2, -0.15) is 0 Å². The SMILES string of the molecule is CC(C)(C)OC(=O)N1CCCC1C(=O)O[C@@H]1C(=O)N[C@@H]1c1cccs1. The van der Waals surface area contributed by atoms with Gasteiger partial charge in [-0.1, -0.05) is 6.07 Å². The van der Waals surface area contributed by atoms with Crippen LogP contribution in [0.15, 0.2) is 17.5 Å². The lowest BCUT2D eigenvalue weighted by Gasteiger charge is -2.36. The first-order valence-electron chi connectivity index (χ1n) is 8.30. The van der Waals surface area contributed by atoms with Gasteiger partial charge in [0.05, 0.1) is 0 Å².